The molecule has 21 heavy (non-hydrogen) atoms. The van der Waals surface area contributed by atoms with Gasteiger partial charge in [0.05, 0.1) is 7.11 Å². The zero-order chi connectivity index (χ0) is 15.1. The monoisotopic (exact) mass is 292 g/mol. The molecule has 1 aromatic rings. The average Bonchev–Trinajstić information content (AvgIpc) is 2.53. The average molecular weight is 292 g/mol. The molecular weight excluding hydrogens is 264 g/mol. The van der Waals surface area contributed by atoms with Crippen molar-refractivity contribution in [3.05, 3.63) is 6.33 Å². The van der Waals surface area contributed by atoms with E-state index in [-0.39, 0.29) is 0 Å². The Labute approximate surface area is 127 Å². The van der Waals surface area contributed by atoms with Gasteiger partial charge >= 0.3 is 0 Å². The molecule has 0 aliphatic heterocycles. The van der Waals surface area contributed by atoms with Gasteiger partial charge in [0.2, 0.25) is 5.75 Å². The minimum absolute atomic E-state index is 0.492. The number of hydrogen-bond acceptors (Lipinski definition) is 5. The van der Waals surface area contributed by atoms with E-state index >= 15 is 0 Å². The smallest absolute Gasteiger partial charge is 0.204 e. The molecule has 0 saturated heterocycles. The number of anilines is 2. The molecule has 1 aliphatic carbocycles. The van der Waals surface area contributed by atoms with Crippen LogP contribution >= 0.6 is 0 Å². The highest BCUT2D eigenvalue weighted by Crippen LogP contribution is 2.33. The van der Waals surface area contributed by atoms with Crippen molar-refractivity contribution in [2.75, 3.05) is 24.3 Å². The molecule has 1 fully saturated rings. The number of methoxy groups -OCH3 is 1. The fourth-order valence-electron chi connectivity index (χ4n) is 3.03. The van der Waals surface area contributed by atoms with Crippen LogP contribution in [0, 0.1) is 5.92 Å². The van der Waals surface area contributed by atoms with Crippen LogP contribution in [0.15, 0.2) is 6.33 Å². The molecule has 2 atom stereocenters. The SMILES string of the molecule is CCCNc1ncnc(NC2CCCC(CC)C2)c1OC. The molecule has 1 aliphatic rings. The number of hydrogen-bond donors (Lipinski definition) is 2. The van der Waals surface area contributed by atoms with Crippen LogP contribution in [0.1, 0.15) is 52.4 Å². The number of nitrogens with zero attached hydrogens (tertiary/aromatic N) is 2. The van der Waals surface area contributed by atoms with Crippen molar-refractivity contribution in [2.45, 2.75) is 58.4 Å². The van der Waals surface area contributed by atoms with Crippen LogP contribution in [0.4, 0.5) is 11.6 Å². The van der Waals surface area contributed by atoms with E-state index in [1.54, 1.807) is 13.4 Å². The molecule has 1 aromatic heterocycles. The predicted octanol–water partition coefficient (Wildman–Crippen LogP) is 3.69. The van der Waals surface area contributed by atoms with E-state index in [4.69, 9.17) is 4.74 Å². The van der Waals surface area contributed by atoms with Crippen LogP contribution in [-0.4, -0.2) is 29.7 Å². The van der Waals surface area contributed by atoms with Gasteiger partial charge in [-0.25, -0.2) is 9.97 Å². The molecule has 2 unspecified atom stereocenters. The van der Waals surface area contributed by atoms with E-state index in [2.05, 4.69) is 34.4 Å². The lowest BCUT2D eigenvalue weighted by Gasteiger charge is -2.30. The zero-order valence-electron chi connectivity index (χ0n) is 13.5. The Morgan fingerprint density at radius 2 is 2.05 bits per heavy atom. The molecule has 0 spiro atoms. The summed E-state index contributed by atoms with van der Waals surface area (Å²) in [6, 6.07) is 0.492. The second-order valence-corrected chi connectivity index (χ2v) is 5.81. The normalized spacial score (nSPS) is 21.9. The van der Waals surface area contributed by atoms with E-state index in [0.29, 0.717) is 6.04 Å². The van der Waals surface area contributed by atoms with Crippen molar-refractivity contribution in [3.63, 3.8) is 0 Å². The lowest BCUT2D eigenvalue weighted by atomic mass is 9.84. The molecule has 5 nitrogen and oxygen atoms in total. The van der Waals surface area contributed by atoms with Gasteiger partial charge in [-0.15, -0.1) is 0 Å². The summed E-state index contributed by atoms with van der Waals surface area (Å²) in [4.78, 5) is 8.66. The minimum atomic E-state index is 0.492. The highest BCUT2D eigenvalue weighted by atomic mass is 16.5. The summed E-state index contributed by atoms with van der Waals surface area (Å²) in [6.07, 6.45) is 9.01. The molecule has 0 bridgehead atoms. The maximum atomic E-state index is 5.52. The van der Waals surface area contributed by atoms with Gasteiger partial charge < -0.3 is 15.4 Å². The second kappa shape index (κ2) is 8.05. The summed E-state index contributed by atoms with van der Waals surface area (Å²) < 4.78 is 5.52. The van der Waals surface area contributed by atoms with Gasteiger partial charge in [0.25, 0.3) is 0 Å². The molecule has 2 rings (SSSR count). The summed E-state index contributed by atoms with van der Waals surface area (Å²) >= 11 is 0. The summed E-state index contributed by atoms with van der Waals surface area (Å²) in [5.41, 5.74) is 0. The quantitative estimate of drug-likeness (QED) is 0.802. The van der Waals surface area contributed by atoms with Crippen LogP contribution < -0.4 is 15.4 Å². The fraction of sp³-hybridized carbons (Fsp3) is 0.750. The minimum Gasteiger partial charge on any atom is -0.490 e. The summed E-state index contributed by atoms with van der Waals surface area (Å²) in [6.45, 7) is 5.30. The summed E-state index contributed by atoms with van der Waals surface area (Å²) in [5, 5.41) is 6.86. The van der Waals surface area contributed by atoms with Gasteiger partial charge in [0.1, 0.15) is 6.33 Å². The number of rotatable bonds is 7. The topological polar surface area (TPSA) is 59.1 Å². The Morgan fingerprint density at radius 3 is 2.76 bits per heavy atom. The summed E-state index contributed by atoms with van der Waals surface area (Å²) in [7, 11) is 1.68. The first kappa shape index (κ1) is 15.9. The van der Waals surface area contributed by atoms with Crippen molar-refractivity contribution < 1.29 is 4.74 Å². The van der Waals surface area contributed by atoms with Crippen molar-refractivity contribution >= 4 is 11.6 Å². The highest BCUT2D eigenvalue weighted by molar-refractivity contribution is 5.63. The Kier molecular flexibility index (Phi) is 6.08. The maximum absolute atomic E-state index is 5.52. The standard InChI is InChI=1S/C16H28N4O/c1-4-9-17-15-14(21-3)16(19-11-18-15)20-13-8-6-7-12(5-2)10-13/h11-13H,4-10H2,1-3H3,(H2,17,18,19,20). The molecule has 1 saturated carbocycles. The Bertz CT molecular complexity index is 438. The van der Waals surface area contributed by atoms with Gasteiger partial charge in [0.15, 0.2) is 11.6 Å². The van der Waals surface area contributed by atoms with Crippen LogP contribution in [-0.2, 0) is 0 Å². The van der Waals surface area contributed by atoms with Crippen molar-refractivity contribution in [1.29, 1.82) is 0 Å². The van der Waals surface area contributed by atoms with Gasteiger partial charge in [-0.1, -0.05) is 33.1 Å². The Morgan fingerprint density at radius 1 is 1.24 bits per heavy atom. The van der Waals surface area contributed by atoms with Crippen molar-refractivity contribution in [3.8, 4) is 5.75 Å². The lowest BCUT2D eigenvalue weighted by Crippen LogP contribution is -2.27. The number of ether oxygens (including phenoxy) is 1. The fourth-order valence-corrected chi connectivity index (χ4v) is 3.03. The van der Waals surface area contributed by atoms with Crippen LogP contribution in [0.3, 0.4) is 0 Å². The molecule has 1 heterocycles. The third-order valence-electron chi connectivity index (χ3n) is 4.25. The summed E-state index contributed by atoms with van der Waals surface area (Å²) in [5.74, 6) is 3.15. The third kappa shape index (κ3) is 4.22. The van der Waals surface area contributed by atoms with Crippen LogP contribution in [0.5, 0.6) is 5.75 Å². The van der Waals surface area contributed by atoms with Gasteiger partial charge in [-0.3, -0.25) is 0 Å². The van der Waals surface area contributed by atoms with Crippen LogP contribution in [0.25, 0.3) is 0 Å². The molecule has 0 radical (unpaired) electrons. The lowest BCUT2D eigenvalue weighted by molar-refractivity contribution is 0.326. The highest BCUT2D eigenvalue weighted by Gasteiger charge is 2.22. The van der Waals surface area contributed by atoms with E-state index in [1.807, 2.05) is 0 Å². The van der Waals surface area contributed by atoms with Crippen molar-refractivity contribution in [1.82, 2.24) is 9.97 Å². The van der Waals surface area contributed by atoms with Gasteiger partial charge in [0, 0.05) is 12.6 Å². The predicted molar refractivity (Wildman–Crippen MR) is 87.0 cm³/mol. The van der Waals surface area contributed by atoms with E-state index in [9.17, 15) is 0 Å². The molecule has 5 heteroatoms. The van der Waals surface area contributed by atoms with Crippen molar-refractivity contribution in [2.24, 2.45) is 5.92 Å². The first-order valence-corrected chi connectivity index (χ1v) is 8.17. The number of aromatic nitrogens is 2. The van der Waals surface area contributed by atoms with Gasteiger partial charge in [-0.05, 0) is 25.2 Å². The molecule has 2 N–H and O–H groups in total. The van der Waals surface area contributed by atoms with Gasteiger partial charge in [-0.2, -0.15) is 0 Å². The maximum Gasteiger partial charge on any atom is 0.204 e. The largest absolute Gasteiger partial charge is 0.490 e. The zero-order valence-corrected chi connectivity index (χ0v) is 13.5. The number of nitrogens with one attached hydrogen (secondary N) is 2. The molecule has 0 aromatic carbocycles. The molecular formula is C16H28N4O. The van der Waals surface area contributed by atoms with E-state index in [1.165, 1.54) is 32.1 Å². The second-order valence-electron chi connectivity index (χ2n) is 5.81. The Balaban J connectivity index is 2.08. The molecule has 0 amide bonds. The first-order chi connectivity index (χ1) is 10.3. The van der Waals surface area contributed by atoms with E-state index in [0.717, 1.165) is 36.3 Å². The molecule has 118 valence electrons. The van der Waals surface area contributed by atoms with Crippen LogP contribution in [0.2, 0.25) is 0 Å². The first-order valence-electron chi connectivity index (χ1n) is 8.17. The van der Waals surface area contributed by atoms with E-state index < -0.39 is 0 Å². The third-order valence-corrected chi connectivity index (χ3v) is 4.25. The Hall–Kier alpha value is -1.52.